The first-order valence-electron chi connectivity index (χ1n) is 32.6. The maximum Gasteiger partial charge on any atom is 0.335 e. The number of hydrogen-bond donors (Lipinski definition) is 12. The van der Waals surface area contributed by atoms with Crippen LogP contribution < -0.4 is 0 Å². The fourth-order valence-electron chi connectivity index (χ4n) is 18.6. The summed E-state index contributed by atoms with van der Waals surface area (Å²) in [5, 5.41) is 134. The summed E-state index contributed by atoms with van der Waals surface area (Å²) in [7, 11) is 0. The Hall–Kier alpha value is -3.62. The first-order valence-corrected chi connectivity index (χ1v) is 32.6. The Morgan fingerprint density at radius 1 is 0.609 bits per heavy atom. The highest BCUT2D eigenvalue weighted by atomic mass is 16.8. The van der Waals surface area contributed by atoms with Crippen LogP contribution in [-0.4, -0.2) is 240 Å². The lowest BCUT2D eigenvalue weighted by Crippen LogP contribution is -2.71. The zero-order valence-corrected chi connectivity index (χ0v) is 55.1. The molecule has 4 heterocycles. The van der Waals surface area contributed by atoms with Gasteiger partial charge in [0.1, 0.15) is 73.2 Å². The van der Waals surface area contributed by atoms with Crippen LogP contribution in [0, 0.1) is 56.2 Å². The molecule has 0 aromatic rings. The number of esters is 3. The molecule has 9 aliphatic rings. The Morgan fingerprint density at radius 2 is 1.17 bits per heavy atom. The van der Waals surface area contributed by atoms with Crippen molar-refractivity contribution in [3.63, 3.8) is 0 Å². The zero-order valence-electron chi connectivity index (χ0n) is 55.1. The second-order valence-corrected chi connectivity index (χ2v) is 29.8. The molecule has 0 aromatic heterocycles. The lowest BCUT2D eigenvalue weighted by Gasteiger charge is -2.73. The lowest BCUT2D eigenvalue weighted by atomic mass is 9.32. The molecule has 4 saturated heterocycles. The number of carbonyl (C=O) groups is 4. The molecule has 4 aliphatic heterocycles. The molecule has 30 atom stereocenters. The summed E-state index contributed by atoms with van der Waals surface area (Å²) < 4.78 is 61.5. The van der Waals surface area contributed by atoms with Crippen LogP contribution in [0.15, 0.2) is 34.9 Å². The van der Waals surface area contributed by atoms with Gasteiger partial charge in [0.25, 0.3) is 0 Å². The molecule has 9 rings (SSSR count). The Balaban J connectivity index is 1.01. The van der Waals surface area contributed by atoms with E-state index in [0.717, 1.165) is 5.57 Å². The van der Waals surface area contributed by atoms with Crippen LogP contribution in [0.1, 0.15) is 141 Å². The highest BCUT2D eigenvalue weighted by Crippen LogP contribution is 2.76. The van der Waals surface area contributed by atoms with E-state index in [1.54, 1.807) is 46.8 Å². The summed E-state index contributed by atoms with van der Waals surface area (Å²) in [6.07, 6.45) is -25.8. The van der Waals surface area contributed by atoms with Gasteiger partial charge in [0.2, 0.25) is 0 Å². The molecule has 522 valence electrons. The number of aliphatic carboxylic acids is 1. The van der Waals surface area contributed by atoms with Gasteiger partial charge in [-0.1, -0.05) is 72.3 Å². The first kappa shape index (κ1) is 72.6. The van der Waals surface area contributed by atoms with Crippen molar-refractivity contribution in [3.8, 4) is 0 Å². The van der Waals surface area contributed by atoms with Crippen molar-refractivity contribution < 1.29 is 128 Å². The van der Waals surface area contributed by atoms with Crippen molar-refractivity contribution >= 4 is 23.9 Å². The molecule has 5 aliphatic carbocycles. The molecule has 0 aromatic carbocycles. The molecule has 8 fully saturated rings. The third kappa shape index (κ3) is 12.2. The van der Waals surface area contributed by atoms with Crippen molar-refractivity contribution in [1.29, 1.82) is 0 Å². The fraction of sp³-hybridized carbons (Fsp3) is 0.848. The number of carbonyl (C=O) groups excluding carboxylic acids is 3. The Morgan fingerprint density at radius 3 is 1.73 bits per heavy atom. The van der Waals surface area contributed by atoms with Gasteiger partial charge in [-0.3, -0.25) is 4.79 Å². The van der Waals surface area contributed by atoms with Gasteiger partial charge in [-0.05, 0) is 131 Å². The molecule has 0 amide bonds. The van der Waals surface area contributed by atoms with E-state index in [1.807, 2.05) is 27.7 Å². The van der Waals surface area contributed by atoms with E-state index in [4.69, 9.17) is 47.4 Å². The van der Waals surface area contributed by atoms with Crippen LogP contribution in [0.5, 0.6) is 0 Å². The summed E-state index contributed by atoms with van der Waals surface area (Å²) >= 11 is 0. The van der Waals surface area contributed by atoms with Crippen LogP contribution in [0.3, 0.4) is 0 Å². The van der Waals surface area contributed by atoms with E-state index < -0.39 is 223 Å². The van der Waals surface area contributed by atoms with Crippen LogP contribution in [0.25, 0.3) is 0 Å². The number of carboxylic acids is 1. The number of carboxylic acid groups (broad SMARTS) is 1. The molecule has 0 bridgehead atoms. The number of fused-ring (bicyclic) bond motifs is 7. The van der Waals surface area contributed by atoms with Gasteiger partial charge in [0.05, 0.1) is 49.7 Å². The minimum atomic E-state index is -2.13. The Labute approximate surface area is 537 Å². The molecule has 12 N–H and O–H groups in total. The molecule has 0 radical (unpaired) electrons. The van der Waals surface area contributed by atoms with E-state index >= 15 is 0 Å². The predicted molar refractivity (Wildman–Crippen MR) is 319 cm³/mol. The fourth-order valence-corrected chi connectivity index (χ4v) is 18.6. The second-order valence-electron chi connectivity index (χ2n) is 29.8. The van der Waals surface area contributed by atoms with Crippen molar-refractivity contribution in [3.05, 3.63) is 34.9 Å². The highest BCUT2D eigenvalue weighted by molar-refractivity contribution is 5.88. The number of allylic oxidation sites excluding steroid dienone is 4. The van der Waals surface area contributed by atoms with Gasteiger partial charge >= 0.3 is 23.9 Å². The molecule has 26 heteroatoms. The van der Waals surface area contributed by atoms with Crippen molar-refractivity contribution in [2.75, 3.05) is 19.8 Å². The van der Waals surface area contributed by atoms with Crippen molar-refractivity contribution in [2.24, 2.45) is 56.2 Å². The van der Waals surface area contributed by atoms with Crippen LogP contribution in [0.2, 0.25) is 0 Å². The van der Waals surface area contributed by atoms with Crippen LogP contribution in [0.4, 0.5) is 0 Å². The molecular formula is C66H102O26. The predicted octanol–water partition coefficient (Wildman–Crippen LogP) is 1.38. The SMILES string of the molecule is C/C=C(/C)C(=O)O[C@@H]1C(O)[C@H](C[C@H]2[C@H](OC(C)=O)[C@@]3(CO)C(CC2(C)C)C2=CCC4[C@@]5(C)CC[C@H](O[C@@H]6OC(C(=O)O)[C@H](O)[C@H](O[C@@H]7O[C@H](CO)[C@H](O)C7O)C6O[C@@H]6OC(CO)[C@H](O)[C@H](O)C6O)C(C)(C)C5CC[C@@]4(C)[C@]2(C)C[C@H]3O)OC(C)[C@@H]1OC(=O)/C(C)=C\C. The average Bonchev–Trinajstić information content (AvgIpc) is 0.736. The number of aliphatic hydroxyl groups excluding tert-OH is 11. The van der Waals surface area contributed by atoms with Gasteiger partial charge in [-0.15, -0.1) is 0 Å². The third-order valence-corrected chi connectivity index (χ3v) is 24.3. The van der Waals surface area contributed by atoms with Crippen LogP contribution in [-0.2, 0) is 66.5 Å². The Kier molecular flexibility index (Phi) is 21.3. The summed E-state index contributed by atoms with van der Waals surface area (Å²) in [6.45, 7) is 22.2. The monoisotopic (exact) mass is 1310 g/mol. The number of aliphatic hydroxyl groups is 11. The standard InChI is InChI=1S/C66H102O26/c1-14-28(3)56(81)88-49-30(5)83-35(44(74)50(49)89-57(82)29(4)15-2)22-33-54(84-31(6)70)66(27-69)34(23-61(33,7)8)32-16-17-39-63(11)20-19-41(62(9,10)38(63)18-21-64(39,12)65(32,13)24-40(66)71)87-60-53(92-59-47(77)45(75)42(72)36(25-67)85-59)51(48(78)52(91-60)55(79)80)90-58-46(76)43(73)37(26-68)86-58/h14-16,30,33-54,58-60,67-69,71-78H,17-27H2,1-13H3,(H,79,80)/b28-14-,29-15-/t30?,33-,34?,35-,36?,37+,38?,39?,40+,41-,42-,43-,44?,45-,46?,47?,48+,49-,50+,51-,52?,53?,54-,58-,59-,60+,63-,64+,65+,66-/m0/s1. The number of hydrogen-bond acceptors (Lipinski definition) is 25. The number of ether oxygens (including phenoxy) is 10. The molecule has 0 spiro atoms. The van der Waals surface area contributed by atoms with Gasteiger partial charge in [-0.2, -0.15) is 0 Å². The molecule has 92 heavy (non-hydrogen) atoms. The quantitative estimate of drug-likeness (QED) is 0.0322. The second kappa shape index (κ2) is 27.0. The summed E-state index contributed by atoms with van der Waals surface area (Å²) in [5.74, 6) is -5.02. The van der Waals surface area contributed by atoms with Crippen LogP contribution >= 0.6 is 0 Å². The minimum Gasteiger partial charge on any atom is -0.479 e. The summed E-state index contributed by atoms with van der Waals surface area (Å²) in [4.78, 5) is 53.2. The highest BCUT2D eigenvalue weighted by Gasteiger charge is 2.74. The average molecular weight is 1310 g/mol. The minimum absolute atomic E-state index is 0.0187. The number of rotatable bonds is 17. The smallest absolute Gasteiger partial charge is 0.335 e. The molecule has 4 saturated carbocycles. The summed E-state index contributed by atoms with van der Waals surface area (Å²) in [6, 6.07) is 0. The molecule has 10 unspecified atom stereocenters. The molecular weight excluding hydrogens is 1210 g/mol. The van der Waals surface area contributed by atoms with E-state index in [1.165, 1.54) is 6.92 Å². The largest absolute Gasteiger partial charge is 0.479 e. The zero-order chi connectivity index (χ0) is 68.0. The van der Waals surface area contributed by atoms with E-state index in [2.05, 4.69) is 26.8 Å². The van der Waals surface area contributed by atoms with Gasteiger partial charge in [-0.25, -0.2) is 14.4 Å². The lowest BCUT2D eigenvalue weighted by molar-refractivity contribution is -0.386. The van der Waals surface area contributed by atoms with E-state index in [9.17, 15) is 80.5 Å². The van der Waals surface area contributed by atoms with Gasteiger partial charge in [0.15, 0.2) is 37.2 Å². The Bertz CT molecular complexity index is 2790. The topological polar surface area (TPSA) is 403 Å². The first-order chi connectivity index (χ1) is 43.0. The van der Waals surface area contributed by atoms with Gasteiger partial charge in [0, 0.05) is 24.0 Å². The maximum atomic E-state index is 13.5. The van der Waals surface area contributed by atoms with E-state index in [-0.39, 0.29) is 30.3 Å². The molecule has 26 nitrogen and oxygen atoms in total. The third-order valence-electron chi connectivity index (χ3n) is 24.3. The maximum absolute atomic E-state index is 13.5. The van der Waals surface area contributed by atoms with E-state index in [0.29, 0.717) is 44.1 Å². The van der Waals surface area contributed by atoms with Gasteiger partial charge < -0.3 is 109 Å². The van der Waals surface area contributed by atoms with Crippen molar-refractivity contribution in [2.45, 2.75) is 276 Å². The van der Waals surface area contributed by atoms with Crippen molar-refractivity contribution in [1.82, 2.24) is 0 Å². The summed E-state index contributed by atoms with van der Waals surface area (Å²) in [5.41, 5.74) is -2.97. The normalized spacial score (nSPS) is 48.4.